The molecule has 0 radical (unpaired) electrons. The van der Waals surface area contributed by atoms with Gasteiger partial charge in [-0.1, -0.05) is 127 Å². The van der Waals surface area contributed by atoms with E-state index in [9.17, 15) is 0 Å². The Morgan fingerprint density at radius 1 is 0.362 bits per heavy atom. The van der Waals surface area contributed by atoms with Crippen molar-refractivity contribution in [3.8, 4) is 39.1 Å². The second-order valence-corrected chi connectivity index (χ2v) is 12.0. The topological polar surface area (TPSA) is 31.2 Å². The Balaban J connectivity index is 1.28. The van der Waals surface area contributed by atoms with Gasteiger partial charge < -0.3 is 13.4 Å². The molecule has 0 spiro atoms. The van der Waals surface area contributed by atoms with E-state index < -0.39 is 0 Å². The number of benzene rings is 7. The van der Waals surface area contributed by atoms with Gasteiger partial charge in [-0.05, 0) is 64.2 Å². The van der Waals surface area contributed by atoms with Gasteiger partial charge in [0, 0.05) is 27.4 Å². The average Bonchev–Trinajstić information content (AvgIpc) is 3.81. The van der Waals surface area contributed by atoms with Gasteiger partial charge >= 0.3 is 0 Å². The van der Waals surface area contributed by atoms with E-state index in [-0.39, 0.29) is 0 Å². The maximum atomic E-state index is 6.71. The van der Waals surface area contributed by atoms with Crippen LogP contribution in [0.4, 0.5) is 0 Å². The number of hydrogen-bond donors (Lipinski definition) is 0. The van der Waals surface area contributed by atoms with E-state index in [2.05, 4.69) is 162 Å². The Labute approximate surface area is 270 Å². The van der Waals surface area contributed by atoms with Crippen LogP contribution in [-0.4, -0.2) is 4.57 Å². The van der Waals surface area contributed by atoms with Gasteiger partial charge in [-0.25, -0.2) is 0 Å². The smallest absolute Gasteiger partial charge is 0.161 e. The largest absolute Gasteiger partial charge is 0.455 e. The summed E-state index contributed by atoms with van der Waals surface area (Å²) in [4.78, 5) is 0. The number of fused-ring (bicyclic) bond motifs is 8. The molecular formula is C44H27NO2. The van der Waals surface area contributed by atoms with Crippen molar-refractivity contribution in [2.24, 2.45) is 0 Å². The molecule has 0 atom stereocenters. The minimum atomic E-state index is 0.872. The highest BCUT2D eigenvalue weighted by atomic mass is 16.3. The molecule has 3 heterocycles. The third kappa shape index (κ3) is 3.81. The summed E-state index contributed by atoms with van der Waals surface area (Å²) in [7, 11) is 0. The van der Waals surface area contributed by atoms with Crippen LogP contribution in [0, 0.1) is 0 Å². The molecule has 220 valence electrons. The maximum Gasteiger partial charge on any atom is 0.161 e. The number of nitrogens with zero attached hydrogens (tertiary/aromatic N) is 1. The lowest BCUT2D eigenvalue weighted by molar-refractivity contribution is 0.670. The predicted octanol–water partition coefficient (Wildman–Crippen LogP) is 12.4. The molecule has 0 aliphatic heterocycles. The van der Waals surface area contributed by atoms with E-state index in [1.807, 2.05) is 6.07 Å². The standard InChI is InChI=1S/C44H27NO2/c1-3-14-28(15-4-1)30-21-11-24-36-40-33(22-12-26-38(40)46-43(30)36)31-18-7-8-19-32(31)34-23-13-27-39-41(34)42-44(47-39)35-20-9-10-25-37(35)45(42)29-16-5-2-6-17-29/h1-27H. The third-order valence-corrected chi connectivity index (χ3v) is 9.43. The Hall–Kier alpha value is -6.32. The summed E-state index contributed by atoms with van der Waals surface area (Å²) < 4.78 is 15.7. The molecule has 0 unspecified atom stereocenters. The number of rotatable bonds is 4. The highest BCUT2D eigenvalue weighted by Gasteiger charge is 2.23. The maximum absolute atomic E-state index is 6.71. The quantitative estimate of drug-likeness (QED) is 0.201. The molecule has 10 rings (SSSR count). The van der Waals surface area contributed by atoms with Gasteiger partial charge in [0.25, 0.3) is 0 Å². The number of para-hydroxylation sites is 3. The van der Waals surface area contributed by atoms with E-state index in [0.717, 1.165) is 94.0 Å². The number of hydrogen-bond acceptors (Lipinski definition) is 2. The second-order valence-electron chi connectivity index (χ2n) is 12.0. The van der Waals surface area contributed by atoms with Gasteiger partial charge in [-0.3, -0.25) is 0 Å². The Kier molecular flexibility index (Phi) is 5.57. The fraction of sp³-hybridized carbons (Fsp3) is 0. The molecule has 0 bridgehead atoms. The first-order valence-electron chi connectivity index (χ1n) is 15.9. The van der Waals surface area contributed by atoms with Crippen molar-refractivity contribution < 1.29 is 8.83 Å². The lowest BCUT2D eigenvalue weighted by atomic mass is 9.90. The summed E-state index contributed by atoms with van der Waals surface area (Å²) in [5.41, 5.74) is 13.7. The molecule has 3 aromatic heterocycles. The predicted molar refractivity (Wildman–Crippen MR) is 194 cm³/mol. The fourth-order valence-electron chi connectivity index (χ4n) is 7.45. The number of aromatic nitrogens is 1. The highest BCUT2D eigenvalue weighted by molar-refractivity contribution is 6.22. The second kappa shape index (κ2) is 10.1. The van der Waals surface area contributed by atoms with Gasteiger partial charge in [0.15, 0.2) is 5.58 Å². The molecule has 0 aliphatic rings. The van der Waals surface area contributed by atoms with Gasteiger partial charge in [0.2, 0.25) is 0 Å². The van der Waals surface area contributed by atoms with Crippen molar-refractivity contribution in [2.75, 3.05) is 0 Å². The van der Waals surface area contributed by atoms with Crippen molar-refractivity contribution >= 4 is 54.9 Å². The first kappa shape index (κ1) is 26.0. The molecular weight excluding hydrogens is 574 g/mol. The number of furan rings is 2. The van der Waals surface area contributed by atoms with Crippen LogP contribution in [0.15, 0.2) is 173 Å². The minimum Gasteiger partial charge on any atom is -0.455 e. The van der Waals surface area contributed by atoms with Crippen molar-refractivity contribution in [2.45, 2.75) is 0 Å². The first-order chi connectivity index (χ1) is 23.3. The SMILES string of the molecule is c1ccc(-c2cccc3c2oc2cccc(-c4ccccc4-c4cccc5oc6c7ccccc7n(-c7ccccc7)c6c45)c23)cc1. The van der Waals surface area contributed by atoms with Crippen molar-refractivity contribution in [3.63, 3.8) is 0 Å². The van der Waals surface area contributed by atoms with Crippen molar-refractivity contribution in [3.05, 3.63) is 164 Å². The van der Waals surface area contributed by atoms with E-state index in [0.29, 0.717) is 0 Å². The molecule has 3 heteroatoms. The Morgan fingerprint density at radius 3 is 1.66 bits per heavy atom. The minimum absolute atomic E-state index is 0.872. The molecule has 10 aromatic rings. The zero-order chi connectivity index (χ0) is 30.9. The van der Waals surface area contributed by atoms with Crippen molar-refractivity contribution in [1.29, 1.82) is 0 Å². The summed E-state index contributed by atoms with van der Waals surface area (Å²) >= 11 is 0. The van der Waals surface area contributed by atoms with Gasteiger partial charge in [0.05, 0.1) is 10.9 Å². The van der Waals surface area contributed by atoms with Gasteiger partial charge in [0.1, 0.15) is 22.3 Å². The summed E-state index contributed by atoms with van der Waals surface area (Å²) in [6, 6.07) is 57.5. The fourth-order valence-corrected chi connectivity index (χ4v) is 7.45. The molecule has 0 N–H and O–H groups in total. The Morgan fingerprint density at radius 2 is 0.894 bits per heavy atom. The van der Waals surface area contributed by atoms with Crippen LogP contribution in [0.2, 0.25) is 0 Å². The van der Waals surface area contributed by atoms with Crippen molar-refractivity contribution in [1.82, 2.24) is 4.57 Å². The van der Waals surface area contributed by atoms with Crippen LogP contribution in [0.5, 0.6) is 0 Å². The van der Waals surface area contributed by atoms with E-state index >= 15 is 0 Å². The summed E-state index contributed by atoms with van der Waals surface area (Å²) in [6.45, 7) is 0. The zero-order valence-electron chi connectivity index (χ0n) is 25.4. The molecule has 0 saturated carbocycles. The van der Waals surface area contributed by atoms with E-state index in [1.165, 1.54) is 0 Å². The molecule has 7 aromatic carbocycles. The third-order valence-electron chi connectivity index (χ3n) is 9.43. The molecule has 47 heavy (non-hydrogen) atoms. The van der Waals surface area contributed by atoms with Crippen LogP contribution in [0.1, 0.15) is 0 Å². The summed E-state index contributed by atoms with van der Waals surface area (Å²) in [6.07, 6.45) is 0. The summed E-state index contributed by atoms with van der Waals surface area (Å²) in [5.74, 6) is 0. The van der Waals surface area contributed by atoms with Gasteiger partial charge in [-0.15, -0.1) is 0 Å². The molecule has 0 amide bonds. The Bertz CT molecular complexity index is 2780. The molecule has 0 saturated heterocycles. The first-order valence-corrected chi connectivity index (χ1v) is 15.9. The lowest BCUT2D eigenvalue weighted by Crippen LogP contribution is -1.94. The molecule has 0 fully saturated rings. The van der Waals surface area contributed by atoms with E-state index in [1.54, 1.807) is 0 Å². The highest BCUT2D eigenvalue weighted by Crippen LogP contribution is 2.47. The van der Waals surface area contributed by atoms with Crippen LogP contribution in [0.25, 0.3) is 94.0 Å². The molecule has 3 nitrogen and oxygen atoms in total. The van der Waals surface area contributed by atoms with Crippen LogP contribution >= 0.6 is 0 Å². The van der Waals surface area contributed by atoms with Crippen LogP contribution in [0.3, 0.4) is 0 Å². The monoisotopic (exact) mass is 601 g/mol. The summed E-state index contributed by atoms with van der Waals surface area (Å²) in [5, 5.41) is 4.44. The van der Waals surface area contributed by atoms with Gasteiger partial charge in [-0.2, -0.15) is 0 Å². The average molecular weight is 602 g/mol. The molecule has 0 aliphatic carbocycles. The lowest BCUT2D eigenvalue weighted by Gasteiger charge is -2.13. The zero-order valence-corrected chi connectivity index (χ0v) is 25.4. The van der Waals surface area contributed by atoms with Crippen LogP contribution < -0.4 is 0 Å². The van der Waals surface area contributed by atoms with E-state index in [4.69, 9.17) is 8.83 Å². The normalized spacial score (nSPS) is 11.8. The van der Waals surface area contributed by atoms with Crippen LogP contribution in [-0.2, 0) is 0 Å².